The van der Waals surface area contributed by atoms with Gasteiger partial charge in [0.15, 0.2) is 0 Å². The predicted molar refractivity (Wildman–Crippen MR) is 190 cm³/mol. The molecule has 0 radical (unpaired) electrons. The van der Waals surface area contributed by atoms with E-state index in [4.69, 9.17) is 10.1 Å². The van der Waals surface area contributed by atoms with Crippen molar-refractivity contribution < 1.29 is 60.7 Å². The van der Waals surface area contributed by atoms with Gasteiger partial charge in [0, 0.05) is 19.5 Å². The Morgan fingerprint density at radius 2 is 1.15 bits per heavy atom. The van der Waals surface area contributed by atoms with Crippen molar-refractivity contribution in [3.63, 3.8) is 0 Å². The zero-order valence-corrected chi connectivity index (χ0v) is 33.9. The Balaban J connectivity index is 0.000000875. The summed E-state index contributed by atoms with van der Waals surface area (Å²) in [5.74, 6) is 2.39. The Labute approximate surface area is 322 Å². The maximum absolute atomic E-state index is 5.25. The van der Waals surface area contributed by atoms with E-state index in [1.54, 1.807) is 0 Å². The van der Waals surface area contributed by atoms with E-state index in [0.29, 0.717) is 23.7 Å². The first-order chi connectivity index (χ1) is 21.3. The number of hydrogen-bond donors (Lipinski definition) is 0. The molecule has 5 rings (SSSR count). The molecule has 1 aliphatic rings. The fraction of sp³-hybridized carbons (Fsp3) is 0.488. The predicted octanol–water partition coefficient (Wildman–Crippen LogP) is 8.48. The van der Waals surface area contributed by atoms with E-state index in [-0.39, 0.29) is 56.8 Å². The maximum atomic E-state index is 5.25. The zero-order valence-electron chi connectivity index (χ0n) is 30.7. The molecule has 0 bridgehead atoms. The number of imidazole rings is 1. The van der Waals surface area contributed by atoms with E-state index in [2.05, 4.69) is 158 Å². The molecular weight excluding hydrogens is 590 g/mol. The van der Waals surface area contributed by atoms with Crippen molar-refractivity contribution in [3.8, 4) is 11.4 Å². The second kappa shape index (κ2) is 17.1. The third kappa shape index (κ3) is 9.45. The summed E-state index contributed by atoms with van der Waals surface area (Å²) < 4.78 is 9.36. The Morgan fingerprint density at radius 3 is 1.54 bits per heavy atom. The van der Waals surface area contributed by atoms with Crippen molar-refractivity contribution in [1.82, 2.24) is 4.57 Å². The topological polar surface area (TPSA) is 32.1 Å². The van der Waals surface area contributed by atoms with Crippen LogP contribution in [0.4, 0.5) is 11.5 Å². The molecule has 2 heterocycles. The largest absolute Gasteiger partial charge is 1.00 e. The first-order valence-electron chi connectivity index (χ1n) is 17.0. The summed E-state index contributed by atoms with van der Waals surface area (Å²) in [5, 5.41) is 5.25. The van der Waals surface area contributed by atoms with Gasteiger partial charge in [0.1, 0.15) is 0 Å². The Morgan fingerprint density at radius 1 is 0.696 bits per heavy atom. The second-order valence-corrected chi connectivity index (χ2v) is 14.7. The summed E-state index contributed by atoms with van der Waals surface area (Å²) in [4.78, 5) is 0. The number of nitrogens with zero attached hydrogens (tertiary/aromatic N) is 3. The van der Waals surface area contributed by atoms with Crippen molar-refractivity contribution in [2.75, 3.05) is 13.2 Å². The normalized spacial score (nSPS) is 13.3. The standard InChI is InChI=1S/C37H48N3.C4H8O.K/c1-24(2)30-14-12-15-31(25(3)4)35(30)39-22-34(38-29-20-18-28(19-21-29)37(9,10)11)40(23-39)36-32(26(5)6)16-13-17-33(36)27(7)8;1-2-4-5-3-1;/h12-22,24-27H,1-11H3;1-4H2;/q-1;;+1. The van der Waals surface area contributed by atoms with Crippen LogP contribution in [0.25, 0.3) is 16.7 Å². The van der Waals surface area contributed by atoms with Gasteiger partial charge < -0.3 is 19.2 Å². The van der Waals surface area contributed by atoms with Gasteiger partial charge in [0.05, 0.1) is 5.69 Å². The van der Waals surface area contributed by atoms with Crippen molar-refractivity contribution >= 4 is 11.5 Å². The van der Waals surface area contributed by atoms with Crippen LogP contribution in [-0.2, 0) is 10.2 Å². The summed E-state index contributed by atoms with van der Waals surface area (Å²) >= 11 is 0. The molecule has 1 fully saturated rings. The molecule has 5 heteroatoms. The SMILES string of the molecule is C1CCOC1.CC(C)c1cccc(C(C)C)c1-n1[c-][n+](-c2c(C(C)C)cccc2C(C)C)cc1[N-]c1ccc(C(C)(C)C)cc1.[K+]. The number of hydrogen-bond acceptors (Lipinski definition) is 1. The molecule has 0 N–H and O–H groups in total. The number of benzene rings is 3. The molecule has 0 spiro atoms. The van der Waals surface area contributed by atoms with Crippen LogP contribution in [0.2, 0.25) is 0 Å². The van der Waals surface area contributed by atoms with Crippen LogP contribution in [0.15, 0.2) is 66.9 Å². The molecule has 0 saturated carbocycles. The minimum Gasteiger partial charge on any atom is -0.481 e. The average Bonchev–Trinajstić information content (AvgIpc) is 3.70. The smallest absolute Gasteiger partial charge is 0.481 e. The third-order valence-electron chi connectivity index (χ3n) is 8.64. The summed E-state index contributed by atoms with van der Waals surface area (Å²) in [6.07, 6.45) is 8.52. The van der Waals surface area contributed by atoms with Gasteiger partial charge in [-0.2, -0.15) is 0 Å². The zero-order chi connectivity index (χ0) is 32.9. The third-order valence-corrected chi connectivity index (χ3v) is 8.64. The quantitative estimate of drug-likeness (QED) is 0.107. The molecule has 0 atom stereocenters. The Kier molecular flexibility index (Phi) is 14.4. The van der Waals surface area contributed by atoms with Gasteiger partial charge in [-0.1, -0.05) is 154 Å². The molecular formula is C41H56KN3O. The molecule has 4 nitrogen and oxygen atoms in total. The molecule has 0 aliphatic carbocycles. The van der Waals surface area contributed by atoms with E-state index >= 15 is 0 Å². The number of para-hydroxylation sites is 2. The summed E-state index contributed by atoms with van der Waals surface area (Å²) in [6.45, 7) is 26.9. The number of rotatable bonds is 8. The van der Waals surface area contributed by atoms with Gasteiger partial charge in [-0.3, -0.25) is 0 Å². The monoisotopic (exact) mass is 645 g/mol. The number of ether oxygens (including phenoxy) is 1. The van der Waals surface area contributed by atoms with Crippen LogP contribution in [0.1, 0.15) is 140 Å². The van der Waals surface area contributed by atoms with Crippen LogP contribution in [0.5, 0.6) is 0 Å². The minimum absolute atomic E-state index is 0. The molecule has 1 aromatic heterocycles. The molecule has 46 heavy (non-hydrogen) atoms. The van der Waals surface area contributed by atoms with Crippen molar-refractivity contribution in [2.45, 2.75) is 118 Å². The first kappa shape index (κ1) is 38.7. The van der Waals surface area contributed by atoms with Gasteiger partial charge in [0.2, 0.25) is 0 Å². The maximum Gasteiger partial charge on any atom is 1.00 e. The molecule has 1 aliphatic heterocycles. The van der Waals surface area contributed by atoms with Crippen molar-refractivity contribution in [1.29, 1.82) is 0 Å². The first-order valence-corrected chi connectivity index (χ1v) is 17.0. The van der Waals surface area contributed by atoms with Crippen LogP contribution >= 0.6 is 0 Å². The van der Waals surface area contributed by atoms with Gasteiger partial charge in [-0.15, -0.1) is 5.82 Å². The molecule has 0 amide bonds. The van der Waals surface area contributed by atoms with Gasteiger partial charge in [0.25, 0.3) is 0 Å². The fourth-order valence-electron chi connectivity index (χ4n) is 5.96. The fourth-order valence-corrected chi connectivity index (χ4v) is 5.96. The molecule has 242 valence electrons. The average molecular weight is 646 g/mol. The van der Waals surface area contributed by atoms with Gasteiger partial charge in [-0.05, 0) is 70.5 Å². The Bertz CT molecular complexity index is 1480. The van der Waals surface area contributed by atoms with Crippen LogP contribution in [0, 0.1) is 6.33 Å². The number of aromatic nitrogens is 2. The van der Waals surface area contributed by atoms with E-state index in [9.17, 15) is 0 Å². The summed E-state index contributed by atoms with van der Waals surface area (Å²) in [7, 11) is 0. The molecule has 4 aromatic rings. The molecule has 1 saturated heterocycles. The van der Waals surface area contributed by atoms with E-state index in [1.807, 2.05) is 0 Å². The summed E-state index contributed by atoms with van der Waals surface area (Å²) in [5.41, 5.74) is 10.1. The van der Waals surface area contributed by atoms with Crippen LogP contribution in [-0.4, -0.2) is 17.8 Å². The molecule has 3 aromatic carbocycles. The summed E-state index contributed by atoms with van der Waals surface area (Å²) in [6, 6.07) is 22.1. The van der Waals surface area contributed by atoms with Gasteiger partial charge >= 0.3 is 51.4 Å². The Hall–Kier alpha value is -1.73. The van der Waals surface area contributed by atoms with E-state index in [1.165, 1.54) is 52.0 Å². The van der Waals surface area contributed by atoms with Crippen molar-refractivity contribution in [3.05, 3.63) is 106 Å². The van der Waals surface area contributed by atoms with E-state index in [0.717, 1.165) is 24.7 Å². The second-order valence-electron chi connectivity index (χ2n) is 14.7. The minimum atomic E-state index is 0. The van der Waals surface area contributed by atoms with E-state index < -0.39 is 0 Å². The van der Waals surface area contributed by atoms with Gasteiger partial charge in [-0.25, -0.2) is 0 Å². The van der Waals surface area contributed by atoms with Crippen LogP contribution < -0.4 is 56.0 Å². The molecule has 0 unspecified atom stereocenters. The van der Waals surface area contributed by atoms with Crippen molar-refractivity contribution in [2.24, 2.45) is 0 Å². The van der Waals surface area contributed by atoms with Crippen LogP contribution in [0.3, 0.4) is 0 Å².